The Kier molecular flexibility index (Phi) is 6.17. The van der Waals surface area contributed by atoms with E-state index in [9.17, 15) is 9.59 Å². The number of aromatic amines is 1. The Balaban J connectivity index is 1.26. The predicted molar refractivity (Wildman–Crippen MR) is 138 cm³/mol. The van der Waals surface area contributed by atoms with Gasteiger partial charge in [-0.05, 0) is 85.7 Å². The number of amides is 2. The molecule has 5 heteroatoms. The Morgan fingerprint density at radius 3 is 2.24 bits per heavy atom. The number of hydrogen-bond acceptors (Lipinski definition) is 2. The van der Waals surface area contributed by atoms with Crippen molar-refractivity contribution in [1.29, 1.82) is 0 Å². The lowest BCUT2D eigenvalue weighted by molar-refractivity contribution is -0.121. The molecule has 1 aliphatic rings. The van der Waals surface area contributed by atoms with Gasteiger partial charge in [0.25, 0.3) is 5.91 Å². The van der Waals surface area contributed by atoms with E-state index in [4.69, 9.17) is 0 Å². The van der Waals surface area contributed by atoms with Crippen molar-refractivity contribution in [3.63, 3.8) is 0 Å². The lowest BCUT2D eigenvalue weighted by atomic mass is 9.82. The second-order valence-electron chi connectivity index (χ2n) is 9.33. The molecule has 3 N–H and O–H groups in total. The molecule has 0 saturated heterocycles. The van der Waals surface area contributed by atoms with Gasteiger partial charge in [0.05, 0.1) is 0 Å². The minimum atomic E-state index is -0.129. The number of nitrogens with one attached hydrogen (secondary N) is 3. The molecule has 0 aliphatic heterocycles. The number of carbonyl (C=O) groups excluding carboxylic acids is 2. The summed E-state index contributed by atoms with van der Waals surface area (Å²) in [5.74, 6) is 0.864. The van der Waals surface area contributed by atoms with Gasteiger partial charge >= 0.3 is 0 Å². The third-order valence-electron chi connectivity index (χ3n) is 6.76. The minimum Gasteiger partial charge on any atom is -0.355 e. The van der Waals surface area contributed by atoms with Gasteiger partial charge in [0.2, 0.25) is 5.91 Å². The third kappa shape index (κ3) is 4.88. The van der Waals surface area contributed by atoms with E-state index in [0.717, 1.165) is 65.1 Å². The number of hydrogen-bond donors (Lipinski definition) is 3. The molecule has 0 unspecified atom stereocenters. The Bertz CT molecular complexity index is 1300. The van der Waals surface area contributed by atoms with Crippen LogP contribution in [-0.2, 0) is 4.79 Å². The molecule has 0 bridgehead atoms. The summed E-state index contributed by atoms with van der Waals surface area (Å²) in [5.41, 5.74) is 5.23. The maximum absolute atomic E-state index is 12.6. The van der Waals surface area contributed by atoms with Crippen LogP contribution < -0.4 is 10.6 Å². The quantitative estimate of drug-likeness (QED) is 0.310. The number of rotatable bonds is 5. The highest BCUT2D eigenvalue weighted by Crippen LogP contribution is 2.30. The van der Waals surface area contributed by atoms with Crippen molar-refractivity contribution >= 4 is 34.1 Å². The summed E-state index contributed by atoms with van der Waals surface area (Å²) in [5, 5.41) is 7.06. The first-order valence-electron chi connectivity index (χ1n) is 12.0. The first-order valence-corrected chi connectivity index (χ1v) is 12.0. The molecule has 172 valence electrons. The summed E-state index contributed by atoms with van der Waals surface area (Å²) in [6, 6.07) is 25.0. The van der Waals surface area contributed by atoms with E-state index < -0.39 is 0 Å². The van der Waals surface area contributed by atoms with E-state index in [2.05, 4.69) is 28.6 Å². The van der Waals surface area contributed by atoms with Crippen LogP contribution in [0.25, 0.3) is 22.2 Å². The predicted octanol–water partition coefficient (Wildman–Crippen LogP) is 6.85. The van der Waals surface area contributed by atoms with Crippen LogP contribution in [0.4, 0.5) is 11.4 Å². The van der Waals surface area contributed by atoms with Crippen LogP contribution in [0.1, 0.15) is 43.0 Å². The Labute approximate surface area is 199 Å². The molecule has 5 nitrogen and oxygen atoms in total. The van der Waals surface area contributed by atoms with Crippen LogP contribution in [0.15, 0.2) is 78.9 Å². The molecule has 5 rings (SSSR count). The van der Waals surface area contributed by atoms with Gasteiger partial charge in [0.15, 0.2) is 0 Å². The summed E-state index contributed by atoms with van der Waals surface area (Å²) >= 11 is 0. The fraction of sp³-hybridized carbons (Fsp3) is 0.241. The van der Waals surface area contributed by atoms with Crippen LogP contribution in [0, 0.1) is 11.8 Å². The van der Waals surface area contributed by atoms with Gasteiger partial charge in [0, 0.05) is 39.5 Å². The van der Waals surface area contributed by atoms with E-state index in [0.29, 0.717) is 5.56 Å². The summed E-state index contributed by atoms with van der Waals surface area (Å²) in [7, 11) is 0. The lowest BCUT2D eigenvalue weighted by Crippen LogP contribution is -2.26. The standard InChI is InChI=1S/C29H29N3O2/c1-19-7-9-22(10-8-19)29(34)30-24-13-11-20(12-14-24)27-18-23-17-25(15-16-26(23)32-27)31-28(33)21-5-3-2-4-6-21/h2-6,11-19,22,32H,7-10H2,1H3,(H,30,34)(H,31,33). The van der Waals surface area contributed by atoms with Gasteiger partial charge < -0.3 is 15.6 Å². The molecule has 2 amide bonds. The van der Waals surface area contributed by atoms with Crippen LogP contribution >= 0.6 is 0 Å². The van der Waals surface area contributed by atoms with Crippen molar-refractivity contribution in [1.82, 2.24) is 4.98 Å². The van der Waals surface area contributed by atoms with Gasteiger partial charge in [0.1, 0.15) is 0 Å². The summed E-state index contributed by atoms with van der Waals surface area (Å²) < 4.78 is 0. The molecule has 1 fully saturated rings. The Hall–Kier alpha value is -3.86. The molecule has 0 spiro atoms. The Morgan fingerprint density at radius 1 is 0.794 bits per heavy atom. The molecular formula is C29H29N3O2. The van der Waals surface area contributed by atoms with Crippen molar-refractivity contribution in [2.75, 3.05) is 10.6 Å². The van der Waals surface area contributed by atoms with Crippen LogP contribution in [0.3, 0.4) is 0 Å². The molecule has 1 heterocycles. The molecule has 1 saturated carbocycles. The third-order valence-corrected chi connectivity index (χ3v) is 6.76. The average molecular weight is 452 g/mol. The van der Waals surface area contributed by atoms with Gasteiger partial charge in [-0.15, -0.1) is 0 Å². The van der Waals surface area contributed by atoms with Crippen LogP contribution in [0.2, 0.25) is 0 Å². The number of anilines is 2. The van der Waals surface area contributed by atoms with E-state index in [1.165, 1.54) is 0 Å². The van der Waals surface area contributed by atoms with Gasteiger partial charge in [-0.2, -0.15) is 0 Å². The van der Waals surface area contributed by atoms with E-state index in [1.54, 1.807) is 12.1 Å². The highest BCUT2D eigenvalue weighted by atomic mass is 16.2. The summed E-state index contributed by atoms with van der Waals surface area (Å²) in [6.07, 6.45) is 4.23. The maximum atomic E-state index is 12.6. The average Bonchev–Trinajstić information content (AvgIpc) is 3.29. The highest BCUT2D eigenvalue weighted by Gasteiger charge is 2.24. The van der Waals surface area contributed by atoms with Gasteiger partial charge in [-0.1, -0.05) is 37.3 Å². The van der Waals surface area contributed by atoms with Crippen molar-refractivity contribution in [2.45, 2.75) is 32.6 Å². The fourth-order valence-electron chi connectivity index (χ4n) is 4.66. The highest BCUT2D eigenvalue weighted by molar-refractivity contribution is 6.05. The van der Waals surface area contributed by atoms with E-state index in [1.807, 2.05) is 60.7 Å². The lowest BCUT2D eigenvalue weighted by Gasteiger charge is -2.25. The maximum Gasteiger partial charge on any atom is 0.255 e. The molecule has 0 atom stereocenters. The van der Waals surface area contributed by atoms with Crippen molar-refractivity contribution in [3.8, 4) is 11.3 Å². The topological polar surface area (TPSA) is 74.0 Å². The number of fused-ring (bicyclic) bond motifs is 1. The second kappa shape index (κ2) is 9.56. The molecular weight excluding hydrogens is 422 g/mol. The molecule has 0 radical (unpaired) electrons. The van der Waals surface area contributed by atoms with Crippen molar-refractivity contribution in [2.24, 2.45) is 11.8 Å². The second-order valence-corrected chi connectivity index (χ2v) is 9.33. The smallest absolute Gasteiger partial charge is 0.255 e. The first kappa shape index (κ1) is 22.0. The monoisotopic (exact) mass is 451 g/mol. The zero-order valence-corrected chi connectivity index (χ0v) is 19.3. The van der Waals surface area contributed by atoms with Gasteiger partial charge in [-0.25, -0.2) is 0 Å². The first-order chi connectivity index (χ1) is 16.5. The zero-order valence-electron chi connectivity index (χ0n) is 19.3. The van der Waals surface area contributed by atoms with E-state index >= 15 is 0 Å². The molecule has 1 aliphatic carbocycles. The zero-order chi connectivity index (χ0) is 23.5. The molecule has 1 aromatic heterocycles. The molecule has 34 heavy (non-hydrogen) atoms. The van der Waals surface area contributed by atoms with Crippen molar-refractivity contribution in [3.05, 3.63) is 84.4 Å². The minimum absolute atomic E-state index is 0.126. The SMILES string of the molecule is CC1CCC(C(=O)Nc2ccc(-c3cc4cc(NC(=O)c5ccccc5)ccc4[nH]3)cc2)CC1. The molecule has 3 aromatic carbocycles. The number of carbonyl (C=O) groups is 2. The number of H-pyrrole nitrogens is 1. The molecule has 4 aromatic rings. The van der Waals surface area contributed by atoms with E-state index in [-0.39, 0.29) is 17.7 Å². The van der Waals surface area contributed by atoms with Crippen LogP contribution in [-0.4, -0.2) is 16.8 Å². The summed E-state index contributed by atoms with van der Waals surface area (Å²) in [4.78, 5) is 28.5. The van der Waals surface area contributed by atoms with Crippen LogP contribution in [0.5, 0.6) is 0 Å². The van der Waals surface area contributed by atoms with Crippen molar-refractivity contribution < 1.29 is 9.59 Å². The largest absolute Gasteiger partial charge is 0.355 e. The Morgan fingerprint density at radius 2 is 1.50 bits per heavy atom. The number of aromatic nitrogens is 1. The summed E-state index contributed by atoms with van der Waals surface area (Å²) in [6.45, 7) is 2.26. The normalized spacial score (nSPS) is 17.9. The fourth-order valence-corrected chi connectivity index (χ4v) is 4.66. The van der Waals surface area contributed by atoms with Gasteiger partial charge in [-0.3, -0.25) is 9.59 Å². The number of benzene rings is 3.